The Hall–Kier alpha value is -1.06. The van der Waals surface area contributed by atoms with Gasteiger partial charge in [-0.1, -0.05) is 0 Å². The summed E-state index contributed by atoms with van der Waals surface area (Å²) in [6.07, 6.45) is 0. The number of urea groups is 1. The van der Waals surface area contributed by atoms with Crippen molar-refractivity contribution in [1.82, 2.24) is 10.2 Å². The van der Waals surface area contributed by atoms with E-state index in [4.69, 9.17) is 0 Å². The van der Waals surface area contributed by atoms with Crippen molar-refractivity contribution < 1.29 is 9.59 Å². The summed E-state index contributed by atoms with van der Waals surface area (Å²) in [5.41, 5.74) is 0. The van der Waals surface area contributed by atoms with E-state index in [0.717, 1.165) is 0 Å². The van der Waals surface area contributed by atoms with Crippen molar-refractivity contribution in [3.05, 3.63) is 0 Å². The third kappa shape index (κ3) is 3.37. The summed E-state index contributed by atoms with van der Waals surface area (Å²) in [7, 11) is 0. The van der Waals surface area contributed by atoms with Gasteiger partial charge in [-0.2, -0.15) is 0 Å². The van der Waals surface area contributed by atoms with E-state index >= 15 is 0 Å². The number of nitrogens with one attached hydrogen (secondary N) is 1. The van der Waals surface area contributed by atoms with Crippen molar-refractivity contribution >= 4 is 11.9 Å². The zero-order valence-electron chi connectivity index (χ0n) is 8.05. The predicted octanol–water partition coefficient (Wildman–Crippen LogP) is 0.973. The van der Waals surface area contributed by atoms with Gasteiger partial charge in [-0.05, 0) is 20.8 Å². The van der Waals surface area contributed by atoms with Gasteiger partial charge in [-0.15, -0.1) is 0 Å². The van der Waals surface area contributed by atoms with Crippen molar-refractivity contribution in [3.63, 3.8) is 0 Å². The topological polar surface area (TPSA) is 49.4 Å². The standard InChI is InChI=1S/C8H16N2O2/c1-5-10(7(4)11)8(12)9-6(2)3/h6H,5H2,1-4H3,(H,9,12). The van der Waals surface area contributed by atoms with E-state index in [2.05, 4.69) is 5.32 Å². The number of amides is 3. The van der Waals surface area contributed by atoms with Crippen molar-refractivity contribution in [3.8, 4) is 0 Å². The summed E-state index contributed by atoms with van der Waals surface area (Å²) in [5.74, 6) is -0.226. The lowest BCUT2D eigenvalue weighted by Gasteiger charge is -2.19. The minimum Gasteiger partial charge on any atom is -0.335 e. The molecule has 0 aliphatic rings. The van der Waals surface area contributed by atoms with Gasteiger partial charge >= 0.3 is 6.03 Å². The number of hydrogen-bond donors (Lipinski definition) is 1. The second-order valence-electron chi connectivity index (χ2n) is 2.87. The molecule has 0 heterocycles. The first-order chi connectivity index (χ1) is 5.49. The van der Waals surface area contributed by atoms with Crippen LogP contribution in [-0.2, 0) is 4.79 Å². The summed E-state index contributed by atoms with van der Waals surface area (Å²) in [6, 6.07) is -0.258. The molecule has 12 heavy (non-hydrogen) atoms. The lowest BCUT2D eigenvalue weighted by molar-refractivity contribution is -0.125. The lowest BCUT2D eigenvalue weighted by Crippen LogP contribution is -2.45. The Balaban J connectivity index is 4.13. The second kappa shape index (κ2) is 4.74. The van der Waals surface area contributed by atoms with E-state index in [-0.39, 0.29) is 18.0 Å². The minimum atomic E-state index is -0.319. The quantitative estimate of drug-likeness (QED) is 0.674. The van der Waals surface area contributed by atoms with Crippen LogP contribution in [0.3, 0.4) is 0 Å². The van der Waals surface area contributed by atoms with Gasteiger partial charge in [0.2, 0.25) is 5.91 Å². The first-order valence-electron chi connectivity index (χ1n) is 4.07. The monoisotopic (exact) mass is 172 g/mol. The van der Waals surface area contributed by atoms with Gasteiger partial charge in [-0.25, -0.2) is 4.79 Å². The van der Waals surface area contributed by atoms with Crippen LogP contribution in [0.15, 0.2) is 0 Å². The number of imide groups is 1. The molecule has 4 nitrogen and oxygen atoms in total. The Morgan fingerprint density at radius 3 is 2.17 bits per heavy atom. The third-order valence-corrected chi connectivity index (χ3v) is 1.35. The molecule has 0 unspecified atom stereocenters. The SMILES string of the molecule is CCN(C(C)=O)C(=O)NC(C)C. The maximum absolute atomic E-state index is 11.2. The first-order valence-corrected chi connectivity index (χ1v) is 4.07. The average Bonchev–Trinajstić information content (AvgIpc) is 1.85. The van der Waals surface area contributed by atoms with Crippen LogP contribution in [0, 0.1) is 0 Å². The molecular weight excluding hydrogens is 156 g/mol. The highest BCUT2D eigenvalue weighted by Crippen LogP contribution is 1.91. The largest absolute Gasteiger partial charge is 0.335 e. The van der Waals surface area contributed by atoms with Gasteiger partial charge < -0.3 is 5.32 Å². The van der Waals surface area contributed by atoms with E-state index in [1.807, 2.05) is 13.8 Å². The van der Waals surface area contributed by atoms with Crippen molar-refractivity contribution in [2.24, 2.45) is 0 Å². The zero-order chi connectivity index (χ0) is 9.72. The van der Waals surface area contributed by atoms with E-state index in [0.29, 0.717) is 6.54 Å². The van der Waals surface area contributed by atoms with Crippen LogP contribution in [0.1, 0.15) is 27.7 Å². The Labute approximate surface area is 72.9 Å². The minimum absolute atomic E-state index is 0.0610. The molecule has 0 spiro atoms. The molecule has 0 radical (unpaired) electrons. The number of rotatable bonds is 2. The van der Waals surface area contributed by atoms with Gasteiger partial charge in [0.05, 0.1) is 0 Å². The normalized spacial score (nSPS) is 9.75. The summed E-state index contributed by atoms with van der Waals surface area (Å²) < 4.78 is 0. The van der Waals surface area contributed by atoms with Crippen molar-refractivity contribution in [2.45, 2.75) is 33.7 Å². The fourth-order valence-corrected chi connectivity index (χ4v) is 0.834. The Morgan fingerprint density at radius 1 is 1.42 bits per heavy atom. The van der Waals surface area contributed by atoms with Crippen molar-refractivity contribution in [2.75, 3.05) is 6.54 Å². The molecule has 70 valence electrons. The summed E-state index contributed by atoms with van der Waals surface area (Å²) in [5, 5.41) is 2.64. The van der Waals surface area contributed by atoms with Crippen LogP contribution < -0.4 is 5.32 Å². The molecule has 4 heteroatoms. The fraction of sp³-hybridized carbons (Fsp3) is 0.750. The fourth-order valence-electron chi connectivity index (χ4n) is 0.834. The van der Waals surface area contributed by atoms with E-state index in [1.54, 1.807) is 6.92 Å². The second-order valence-corrected chi connectivity index (χ2v) is 2.87. The van der Waals surface area contributed by atoms with Crippen LogP contribution in [-0.4, -0.2) is 29.4 Å². The Morgan fingerprint density at radius 2 is 1.92 bits per heavy atom. The number of carbonyl (C=O) groups is 2. The van der Waals surface area contributed by atoms with Crippen LogP contribution in [0.25, 0.3) is 0 Å². The van der Waals surface area contributed by atoms with Gasteiger partial charge in [0.25, 0.3) is 0 Å². The maximum atomic E-state index is 11.2. The highest BCUT2D eigenvalue weighted by molar-refractivity contribution is 5.93. The van der Waals surface area contributed by atoms with Gasteiger partial charge in [0.1, 0.15) is 0 Å². The molecule has 0 aromatic carbocycles. The highest BCUT2D eigenvalue weighted by Gasteiger charge is 2.15. The van der Waals surface area contributed by atoms with Crippen molar-refractivity contribution in [1.29, 1.82) is 0 Å². The molecule has 0 bridgehead atoms. The highest BCUT2D eigenvalue weighted by atomic mass is 16.2. The molecule has 0 saturated carbocycles. The van der Waals surface area contributed by atoms with Gasteiger partial charge in [0.15, 0.2) is 0 Å². The predicted molar refractivity (Wildman–Crippen MR) is 46.7 cm³/mol. The summed E-state index contributed by atoms with van der Waals surface area (Å²) >= 11 is 0. The molecule has 0 aliphatic heterocycles. The molecule has 1 N–H and O–H groups in total. The molecule has 0 rings (SSSR count). The lowest BCUT2D eigenvalue weighted by atomic mass is 10.4. The summed E-state index contributed by atoms with van der Waals surface area (Å²) in [4.78, 5) is 23.2. The number of nitrogens with zero attached hydrogens (tertiary/aromatic N) is 1. The molecule has 0 aliphatic carbocycles. The molecule has 0 aromatic heterocycles. The van der Waals surface area contributed by atoms with Crippen LogP contribution in [0.5, 0.6) is 0 Å². The van der Waals surface area contributed by atoms with Gasteiger partial charge in [0, 0.05) is 19.5 Å². The number of carbonyl (C=O) groups excluding carboxylic acids is 2. The average molecular weight is 172 g/mol. The first kappa shape index (κ1) is 10.9. The molecule has 0 atom stereocenters. The smallest absolute Gasteiger partial charge is 0.324 e. The van der Waals surface area contributed by atoms with Crippen LogP contribution in [0.2, 0.25) is 0 Å². The molecule has 0 aromatic rings. The Kier molecular flexibility index (Phi) is 4.33. The zero-order valence-corrected chi connectivity index (χ0v) is 8.05. The van der Waals surface area contributed by atoms with E-state index in [9.17, 15) is 9.59 Å². The molecule has 0 saturated heterocycles. The molecule has 3 amide bonds. The molecular formula is C8H16N2O2. The number of hydrogen-bond acceptors (Lipinski definition) is 2. The van der Waals surface area contributed by atoms with E-state index < -0.39 is 0 Å². The Bertz CT molecular complexity index is 178. The third-order valence-electron chi connectivity index (χ3n) is 1.35. The van der Waals surface area contributed by atoms with Crippen LogP contribution >= 0.6 is 0 Å². The van der Waals surface area contributed by atoms with E-state index in [1.165, 1.54) is 11.8 Å². The maximum Gasteiger partial charge on any atom is 0.324 e. The summed E-state index contributed by atoms with van der Waals surface area (Å²) in [6.45, 7) is 7.26. The van der Waals surface area contributed by atoms with Gasteiger partial charge in [-0.3, -0.25) is 9.69 Å². The molecule has 0 fully saturated rings. The van der Waals surface area contributed by atoms with Crippen LogP contribution in [0.4, 0.5) is 4.79 Å².